The minimum absolute atomic E-state index is 0.00739. The highest BCUT2D eigenvalue weighted by Gasteiger charge is 2.20. The third kappa shape index (κ3) is 4.79. The monoisotopic (exact) mass is 290 g/mol. The van der Waals surface area contributed by atoms with Crippen LogP contribution in [0.3, 0.4) is 0 Å². The number of amides is 1. The Morgan fingerprint density at radius 2 is 2.19 bits per heavy atom. The van der Waals surface area contributed by atoms with Crippen LogP contribution in [-0.2, 0) is 4.79 Å². The van der Waals surface area contributed by atoms with Crippen molar-refractivity contribution in [3.05, 3.63) is 29.6 Å². The van der Waals surface area contributed by atoms with Crippen LogP contribution in [0.2, 0.25) is 0 Å². The van der Waals surface area contributed by atoms with Gasteiger partial charge in [-0.25, -0.2) is 0 Å². The minimum Gasteiger partial charge on any atom is -0.348 e. The third-order valence-corrected chi connectivity index (χ3v) is 4.14. The molecule has 1 saturated heterocycles. The molecule has 0 bridgehead atoms. The topological polar surface area (TPSA) is 57.3 Å². The molecule has 116 valence electrons. The summed E-state index contributed by atoms with van der Waals surface area (Å²) >= 11 is 0. The molecule has 0 spiro atoms. The number of rotatable bonds is 5. The number of nitrogens with one attached hydrogen (secondary N) is 2. The van der Waals surface area contributed by atoms with Gasteiger partial charge in [-0.3, -0.25) is 14.7 Å². The summed E-state index contributed by atoms with van der Waals surface area (Å²) in [7, 11) is 2.04. The summed E-state index contributed by atoms with van der Waals surface area (Å²) in [6.07, 6.45) is 4.05. The van der Waals surface area contributed by atoms with E-state index in [-0.39, 0.29) is 11.9 Å². The first kappa shape index (κ1) is 15.9. The predicted octanol–water partition coefficient (Wildman–Crippen LogP) is 1.25. The molecule has 2 rings (SSSR count). The predicted molar refractivity (Wildman–Crippen MR) is 84.1 cm³/mol. The molecule has 1 aliphatic rings. The highest BCUT2D eigenvalue weighted by Crippen LogP contribution is 2.12. The van der Waals surface area contributed by atoms with E-state index in [1.807, 2.05) is 39.2 Å². The van der Waals surface area contributed by atoms with Crippen molar-refractivity contribution in [1.29, 1.82) is 0 Å². The number of hydrogen-bond donors (Lipinski definition) is 2. The van der Waals surface area contributed by atoms with Gasteiger partial charge in [0.2, 0.25) is 5.91 Å². The maximum Gasteiger partial charge on any atom is 0.234 e. The van der Waals surface area contributed by atoms with E-state index in [1.54, 1.807) is 0 Å². The Morgan fingerprint density at radius 1 is 1.48 bits per heavy atom. The van der Waals surface area contributed by atoms with E-state index < -0.39 is 0 Å². The average molecular weight is 290 g/mol. The lowest BCUT2D eigenvalue weighted by atomic mass is 10.1. The van der Waals surface area contributed by atoms with Gasteiger partial charge in [-0.1, -0.05) is 6.07 Å². The normalized spacial score (nSPS) is 17.7. The molecule has 2 heterocycles. The quantitative estimate of drug-likeness (QED) is 0.857. The van der Waals surface area contributed by atoms with Crippen molar-refractivity contribution in [2.75, 3.05) is 26.7 Å². The number of pyridine rings is 1. The second kappa shape index (κ2) is 7.52. The number of aromatic nitrogens is 1. The van der Waals surface area contributed by atoms with Crippen LogP contribution >= 0.6 is 0 Å². The molecule has 1 aliphatic heterocycles. The highest BCUT2D eigenvalue weighted by molar-refractivity contribution is 5.78. The van der Waals surface area contributed by atoms with E-state index in [4.69, 9.17) is 0 Å². The van der Waals surface area contributed by atoms with Gasteiger partial charge in [0.25, 0.3) is 0 Å². The zero-order chi connectivity index (χ0) is 15.2. The number of carbonyl (C=O) groups excluding carboxylic acids is 1. The second-order valence-electron chi connectivity index (χ2n) is 5.92. The number of piperidine rings is 1. The number of hydrogen-bond acceptors (Lipinski definition) is 4. The Balaban J connectivity index is 1.81. The van der Waals surface area contributed by atoms with Crippen LogP contribution in [0.1, 0.15) is 37.1 Å². The SMILES string of the molecule is Cc1ccc(C(C)NC(=O)CN(C)C2CCNCC2)cn1. The Kier molecular flexibility index (Phi) is 5.70. The summed E-state index contributed by atoms with van der Waals surface area (Å²) < 4.78 is 0. The number of carbonyl (C=O) groups is 1. The Labute approximate surface area is 127 Å². The summed E-state index contributed by atoms with van der Waals surface area (Å²) in [5, 5.41) is 6.40. The first-order valence-electron chi connectivity index (χ1n) is 7.69. The summed E-state index contributed by atoms with van der Waals surface area (Å²) in [6, 6.07) is 4.49. The summed E-state index contributed by atoms with van der Waals surface area (Å²) in [5.74, 6) is 0.0732. The fourth-order valence-electron chi connectivity index (χ4n) is 2.71. The van der Waals surface area contributed by atoms with Gasteiger partial charge in [-0.2, -0.15) is 0 Å². The van der Waals surface area contributed by atoms with Crippen molar-refractivity contribution in [3.8, 4) is 0 Å². The minimum atomic E-state index is -0.00739. The van der Waals surface area contributed by atoms with Gasteiger partial charge in [0.05, 0.1) is 12.6 Å². The van der Waals surface area contributed by atoms with Gasteiger partial charge in [0.15, 0.2) is 0 Å². The zero-order valence-corrected chi connectivity index (χ0v) is 13.2. The molecule has 1 aromatic heterocycles. The van der Waals surface area contributed by atoms with Gasteiger partial charge in [0, 0.05) is 17.9 Å². The van der Waals surface area contributed by atoms with E-state index in [0.29, 0.717) is 12.6 Å². The zero-order valence-electron chi connectivity index (χ0n) is 13.2. The van der Waals surface area contributed by atoms with Crippen molar-refractivity contribution >= 4 is 5.91 Å². The van der Waals surface area contributed by atoms with Crippen LogP contribution < -0.4 is 10.6 Å². The van der Waals surface area contributed by atoms with Crippen LogP contribution in [0.25, 0.3) is 0 Å². The highest BCUT2D eigenvalue weighted by atomic mass is 16.2. The smallest absolute Gasteiger partial charge is 0.234 e. The van der Waals surface area contributed by atoms with Gasteiger partial charge in [0.1, 0.15) is 0 Å². The van der Waals surface area contributed by atoms with Crippen molar-refractivity contribution in [2.45, 2.75) is 38.8 Å². The summed E-state index contributed by atoms with van der Waals surface area (Å²) in [4.78, 5) is 18.6. The maximum absolute atomic E-state index is 12.2. The molecule has 1 unspecified atom stereocenters. The van der Waals surface area contributed by atoms with Crippen molar-refractivity contribution in [1.82, 2.24) is 20.5 Å². The van der Waals surface area contributed by atoms with Crippen LogP contribution in [0, 0.1) is 6.92 Å². The van der Waals surface area contributed by atoms with Crippen LogP contribution in [0.4, 0.5) is 0 Å². The average Bonchev–Trinajstić information content (AvgIpc) is 2.48. The molecular formula is C16H26N4O. The van der Waals surface area contributed by atoms with Crippen molar-refractivity contribution in [3.63, 3.8) is 0 Å². The summed E-state index contributed by atoms with van der Waals surface area (Å²) in [5.41, 5.74) is 2.03. The van der Waals surface area contributed by atoms with Gasteiger partial charge in [-0.05, 0) is 58.5 Å². The summed E-state index contributed by atoms with van der Waals surface area (Å²) in [6.45, 7) is 6.49. The Morgan fingerprint density at radius 3 is 2.81 bits per heavy atom. The molecule has 0 aromatic carbocycles. The van der Waals surface area contributed by atoms with Crippen LogP contribution in [0.15, 0.2) is 18.3 Å². The molecule has 1 fully saturated rings. The Bertz CT molecular complexity index is 454. The van der Waals surface area contributed by atoms with Gasteiger partial charge >= 0.3 is 0 Å². The number of likely N-dealkylation sites (N-methyl/N-ethyl adjacent to an activating group) is 1. The molecule has 0 radical (unpaired) electrons. The fraction of sp³-hybridized carbons (Fsp3) is 0.625. The molecule has 0 aliphatic carbocycles. The van der Waals surface area contributed by atoms with Crippen molar-refractivity contribution < 1.29 is 4.79 Å². The molecule has 21 heavy (non-hydrogen) atoms. The lowest BCUT2D eigenvalue weighted by Gasteiger charge is -2.31. The third-order valence-electron chi connectivity index (χ3n) is 4.14. The van der Waals surface area contributed by atoms with Crippen molar-refractivity contribution in [2.24, 2.45) is 0 Å². The van der Waals surface area contributed by atoms with Gasteiger partial charge < -0.3 is 10.6 Å². The van der Waals surface area contributed by atoms with E-state index in [0.717, 1.165) is 37.2 Å². The molecule has 1 atom stereocenters. The molecule has 1 amide bonds. The first-order valence-corrected chi connectivity index (χ1v) is 7.69. The molecular weight excluding hydrogens is 264 g/mol. The lowest BCUT2D eigenvalue weighted by Crippen LogP contribution is -2.45. The number of nitrogens with zero attached hydrogens (tertiary/aromatic N) is 2. The Hall–Kier alpha value is -1.46. The van der Waals surface area contributed by atoms with E-state index in [1.165, 1.54) is 0 Å². The number of aryl methyl sites for hydroxylation is 1. The van der Waals surface area contributed by atoms with E-state index in [9.17, 15) is 4.79 Å². The standard InChI is InChI=1S/C16H26N4O/c1-12-4-5-14(10-18-12)13(2)19-16(21)11-20(3)15-6-8-17-9-7-15/h4-5,10,13,15,17H,6-9,11H2,1-3H3,(H,19,21). The van der Waals surface area contributed by atoms with Crippen LogP contribution in [-0.4, -0.2) is 48.5 Å². The maximum atomic E-state index is 12.2. The second-order valence-corrected chi connectivity index (χ2v) is 5.92. The van der Waals surface area contributed by atoms with E-state index in [2.05, 4.69) is 20.5 Å². The van der Waals surface area contributed by atoms with E-state index >= 15 is 0 Å². The van der Waals surface area contributed by atoms with Crippen LogP contribution in [0.5, 0.6) is 0 Å². The molecule has 1 aromatic rings. The molecule has 5 heteroatoms. The van der Waals surface area contributed by atoms with Gasteiger partial charge in [-0.15, -0.1) is 0 Å². The molecule has 5 nitrogen and oxygen atoms in total. The fourth-order valence-corrected chi connectivity index (χ4v) is 2.71. The lowest BCUT2D eigenvalue weighted by molar-refractivity contribution is -0.123. The molecule has 2 N–H and O–H groups in total. The largest absolute Gasteiger partial charge is 0.348 e. The molecule has 0 saturated carbocycles. The first-order chi connectivity index (χ1) is 10.1.